The van der Waals surface area contributed by atoms with E-state index in [2.05, 4.69) is 48.3 Å². The van der Waals surface area contributed by atoms with E-state index >= 15 is 0 Å². The molecular weight excluding hydrogens is 224 g/mol. The largest absolute Gasteiger partial charge is 0.270 e. The van der Waals surface area contributed by atoms with Crippen molar-refractivity contribution >= 4 is 0 Å². The van der Waals surface area contributed by atoms with Crippen molar-refractivity contribution in [2.24, 2.45) is 5.84 Å². The first-order valence-electron chi connectivity index (χ1n) is 5.94. The molecule has 0 aliphatic heterocycles. The molecule has 1 heterocycles. The quantitative estimate of drug-likeness (QED) is 0.638. The molecule has 18 heavy (non-hydrogen) atoms. The topological polar surface area (TPSA) is 63.8 Å². The molecule has 1 aromatic heterocycles. The van der Waals surface area contributed by atoms with E-state index in [1.54, 1.807) is 18.5 Å². The molecule has 4 nitrogen and oxygen atoms in total. The SMILES string of the molecule is Cc1cc(C)c(C(NN)c2ncccn2)cc1C. The van der Waals surface area contributed by atoms with Gasteiger partial charge in [-0.05, 0) is 49.1 Å². The Morgan fingerprint density at radius 2 is 1.61 bits per heavy atom. The normalized spacial score (nSPS) is 12.4. The van der Waals surface area contributed by atoms with E-state index in [4.69, 9.17) is 5.84 Å². The number of hydrogen-bond donors (Lipinski definition) is 2. The maximum Gasteiger partial charge on any atom is 0.150 e. The van der Waals surface area contributed by atoms with E-state index in [0.29, 0.717) is 5.82 Å². The summed E-state index contributed by atoms with van der Waals surface area (Å²) < 4.78 is 0. The Hall–Kier alpha value is -1.78. The number of aromatic nitrogens is 2. The minimum atomic E-state index is -0.175. The van der Waals surface area contributed by atoms with Crippen LogP contribution in [-0.2, 0) is 0 Å². The van der Waals surface area contributed by atoms with Crippen LogP contribution in [0.3, 0.4) is 0 Å². The number of hydrazine groups is 1. The van der Waals surface area contributed by atoms with Gasteiger partial charge in [0.25, 0.3) is 0 Å². The predicted octanol–water partition coefficient (Wildman–Crippen LogP) is 1.95. The number of benzene rings is 1. The molecule has 0 amide bonds. The Bertz CT molecular complexity index is 537. The average Bonchev–Trinajstić information content (AvgIpc) is 2.38. The molecule has 0 radical (unpaired) electrons. The molecule has 0 fully saturated rings. The van der Waals surface area contributed by atoms with E-state index in [1.807, 2.05) is 0 Å². The highest BCUT2D eigenvalue weighted by Crippen LogP contribution is 2.24. The second-order valence-corrected chi connectivity index (χ2v) is 4.50. The Morgan fingerprint density at radius 1 is 1.00 bits per heavy atom. The maximum atomic E-state index is 5.66. The summed E-state index contributed by atoms with van der Waals surface area (Å²) in [5.41, 5.74) is 7.62. The van der Waals surface area contributed by atoms with Gasteiger partial charge < -0.3 is 0 Å². The average molecular weight is 242 g/mol. The smallest absolute Gasteiger partial charge is 0.150 e. The minimum absolute atomic E-state index is 0.175. The zero-order valence-corrected chi connectivity index (χ0v) is 10.9. The molecule has 4 heteroatoms. The van der Waals surface area contributed by atoms with E-state index in [9.17, 15) is 0 Å². The van der Waals surface area contributed by atoms with Crippen molar-refractivity contribution in [1.29, 1.82) is 0 Å². The summed E-state index contributed by atoms with van der Waals surface area (Å²) in [5.74, 6) is 6.35. The van der Waals surface area contributed by atoms with E-state index < -0.39 is 0 Å². The Labute approximate surface area is 107 Å². The van der Waals surface area contributed by atoms with Gasteiger partial charge in [0.05, 0.1) is 0 Å². The van der Waals surface area contributed by atoms with Crippen molar-refractivity contribution in [2.75, 3.05) is 0 Å². The van der Waals surface area contributed by atoms with Crippen molar-refractivity contribution in [1.82, 2.24) is 15.4 Å². The summed E-state index contributed by atoms with van der Waals surface area (Å²) >= 11 is 0. The number of rotatable bonds is 3. The van der Waals surface area contributed by atoms with Crippen LogP contribution in [0.2, 0.25) is 0 Å². The van der Waals surface area contributed by atoms with Crippen LogP contribution >= 0.6 is 0 Å². The predicted molar refractivity (Wildman–Crippen MR) is 71.9 cm³/mol. The lowest BCUT2D eigenvalue weighted by Crippen LogP contribution is -2.30. The summed E-state index contributed by atoms with van der Waals surface area (Å²) in [6, 6.07) is 5.93. The number of nitrogens with zero attached hydrogens (tertiary/aromatic N) is 2. The van der Waals surface area contributed by atoms with Crippen molar-refractivity contribution in [3.05, 3.63) is 58.7 Å². The Balaban J connectivity index is 2.49. The van der Waals surface area contributed by atoms with Gasteiger partial charge in [0, 0.05) is 12.4 Å². The van der Waals surface area contributed by atoms with Crippen LogP contribution in [0.15, 0.2) is 30.6 Å². The van der Waals surface area contributed by atoms with Crippen LogP contribution in [-0.4, -0.2) is 9.97 Å². The van der Waals surface area contributed by atoms with Crippen LogP contribution < -0.4 is 11.3 Å². The molecule has 1 atom stereocenters. The van der Waals surface area contributed by atoms with Gasteiger partial charge in [-0.25, -0.2) is 15.4 Å². The third-order valence-corrected chi connectivity index (χ3v) is 3.20. The minimum Gasteiger partial charge on any atom is -0.270 e. The molecule has 94 valence electrons. The standard InChI is InChI=1S/C14H18N4/c1-9-7-11(3)12(8-10(9)2)13(18-15)14-16-5-4-6-17-14/h4-8,13,18H,15H2,1-3H3. The van der Waals surface area contributed by atoms with Gasteiger partial charge in [-0.15, -0.1) is 0 Å². The third kappa shape index (κ3) is 2.39. The van der Waals surface area contributed by atoms with Gasteiger partial charge in [-0.3, -0.25) is 5.84 Å². The molecule has 0 bridgehead atoms. The van der Waals surface area contributed by atoms with E-state index in [0.717, 1.165) is 5.56 Å². The summed E-state index contributed by atoms with van der Waals surface area (Å²) in [7, 11) is 0. The van der Waals surface area contributed by atoms with Gasteiger partial charge in [-0.2, -0.15) is 0 Å². The zero-order chi connectivity index (χ0) is 13.1. The van der Waals surface area contributed by atoms with Crippen LogP contribution in [0.1, 0.15) is 34.1 Å². The van der Waals surface area contributed by atoms with Gasteiger partial charge >= 0.3 is 0 Å². The number of aryl methyl sites for hydroxylation is 3. The molecule has 0 saturated heterocycles. The molecule has 0 aliphatic carbocycles. The number of nitrogens with one attached hydrogen (secondary N) is 1. The molecule has 0 aliphatic rings. The summed E-state index contributed by atoms with van der Waals surface area (Å²) in [6.07, 6.45) is 3.45. The lowest BCUT2D eigenvalue weighted by Gasteiger charge is -2.18. The number of hydrogen-bond acceptors (Lipinski definition) is 4. The highest BCUT2D eigenvalue weighted by Gasteiger charge is 2.17. The first kappa shape index (κ1) is 12.7. The lowest BCUT2D eigenvalue weighted by atomic mass is 9.95. The van der Waals surface area contributed by atoms with Crippen LogP contribution in [0, 0.1) is 20.8 Å². The number of nitrogens with two attached hydrogens (primary N) is 1. The van der Waals surface area contributed by atoms with Gasteiger partial charge in [0.15, 0.2) is 5.82 Å². The fourth-order valence-corrected chi connectivity index (χ4v) is 2.06. The van der Waals surface area contributed by atoms with Crippen molar-refractivity contribution in [3.63, 3.8) is 0 Å². The van der Waals surface area contributed by atoms with Crippen molar-refractivity contribution < 1.29 is 0 Å². The molecule has 0 saturated carbocycles. The second-order valence-electron chi connectivity index (χ2n) is 4.50. The summed E-state index contributed by atoms with van der Waals surface area (Å²) in [6.45, 7) is 6.28. The van der Waals surface area contributed by atoms with Crippen LogP contribution in [0.5, 0.6) is 0 Å². The molecule has 1 aromatic carbocycles. The van der Waals surface area contributed by atoms with Crippen molar-refractivity contribution in [3.8, 4) is 0 Å². The van der Waals surface area contributed by atoms with Crippen LogP contribution in [0.25, 0.3) is 0 Å². The molecule has 3 N–H and O–H groups in total. The monoisotopic (exact) mass is 242 g/mol. The molecular formula is C14H18N4. The van der Waals surface area contributed by atoms with Gasteiger partial charge in [0.2, 0.25) is 0 Å². The molecule has 1 unspecified atom stereocenters. The third-order valence-electron chi connectivity index (χ3n) is 3.20. The van der Waals surface area contributed by atoms with E-state index in [1.165, 1.54) is 16.7 Å². The van der Waals surface area contributed by atoms with Crippen LogP contribution in [0.4, 0.5) is 0 Å². The Kier molecular flexibility index (Phi) is 3.69. The molecule has 0 spiro atoms. The summed E-state index contributed by atoms with van der Waals surface area (Å²) in [5, 5.41) is 0. The molecule has 2 rings (SSSR count). The highest BCUT2D eigenvalue weighted by atomic mass is 15.2. The fraction of sp³-hybridized carbons (Fsp3) is 0.286. The first-order valence-corrected chi connectivity index (χ1v) is 5.94. The lowest BCUT2D eigenvalue weighted by molar-refractivity contribution is 0.598. The zero-order valence-electron chi connectivity index (χ0n) is 10.9. The van der Waals surface area contributed by atoms with Crippen molar-refractivity contribution in [2.45, 2.75) is 26.8 Å². The van der Waals surface area contributed by atoms with Gasteiger partial charge in [-0.1, -0.05) is 12.1 Å². The second kappa shape index (κ2) is 5.25. The summed E-state index contributed by atoms with van der Waals surface area (Å²) in [4.78, 5) is 8.53. The highest BCUT2D eigenvalue weighted by molar-refractivity contribution is 5.40. The Morgan fingerprint density at radius 3 is 2.22 bits per heavy atom. The fourth-order valence-electron chi connectivity index (χ4n) is 2.06. The maximum absolute atomic E-state index is 5.66. The molecule has 2 aromatic rings. The van der Waals surface area contributed by atoms with Gasteiger partial charge in [0.1, 0.15) is 6.04 Å². The first-order chi connectivity index (χ1) is 8.63. The van der Waals surface area contributed by atoms with E-state index in [-0.39, 0.29) is 6.04 Å².